The summed E-state index contributed by atoms with van der Waals surface area (Å²) in [5.41, 5.74) is 1.55. The fourth-order valence-corrected chi connectivity index (χ4v) is 1.56. The van der Waals surface area contributed by atoms with Crippen molar-refractivity contribution in [2.24, 2.45) is 0 Å². The summed E-state index contributed by atoms with van der Waals surface area (Å²) in [6.07, 6.45) is 1.59. The second-order valence-corrected chi connectivity index (χ2v) is 3.93. The van der Waals surface area contributed by atoms with E-state index in [4.69, 9.17) is 21.4 Å². The summed E-state index contributed by atoms with van der Waals surface area (Å²) in [5.74, 6) is 0.655. The highest BCUT2D eigenvalue weighted by Gasteiger charge is 2.00. The zero-order valence-corrected chi connectivity index (χ0v) is 9.89. The molecule has 1 aromatic heterocycles. The van der Waals surface area contributed by atoms with Crippen molar-refractivity contribution < 1.29 is 9.84 Å². The SMILES string of the molecule is OCc1ccc(OCc2ccccc2Cl)cn1. The third kappa shape index (κ3) is 3.19. The number of hydrogen-bond donors (Lipinski definition) is 1. The first kappa shape index (κ1) is 11.9. The van der Waals surface area contributed by atoms with Gasteiger partial charge in [-0.25, -0.2) is 0 Å². The summed E-state index contributed by atoms with van der Waals surface area (Å²) in [6.45, 7) is 0.338. The van der Waals surface area contributed by atoms with E-state index >= 15 is 0 Å². The minimum Gasteiger partial charge on any atom is -0.487 e. The Hall–Kier alpha value is -1.58. The van der Waals surface area contributed by atoms with Gasteiger partial charge in [0.25, 0.3) is 0 Å². The highest BCUT2D eigenvalue weighted by molar-refractivity contribution is 6.31. The van der Waals surface area contributed by atoms with E-state index in [2.05, 4.69) is 4.98 Å². The molecule has 4 heteroatoms. The van der Waals surface area contributed by atoms with Gasteiger partial charge in [0.05, 0.1) is 18.5 Å². The summed E-state index contributed by atoms with van der Waals surface area (Å²) in [4.78, 5) is 4.02. The first-order chi connectivity index (χ1) is 8.29. The van der Waals surface area contributed by atoms with Crippen LogP contribution in [0, 0.1) is 0 Å². The molecule has 3 nitrogen and oxygen atoms in total. The minimum atomic E-state index is -0.0647. The normalized spacial score (nSPS) is 10.2. The quantitative estimate of drug-likeness (QED) is 0.906. The number of aliphatic hydroxyl groups is 1. The Kier molecular flexibility index (Phi) is 3.96. The second kappa shape index (κ2) is 5.66. The van der Waals surface area contributed by atoms with Crippen LogP contribution in [0.2, 0.25) is 5.02 Å². The fraction of sp³-hybridized carbons (Fsp3) is 0.154. The summed E-state index contributed by atoms with van der Waals surface area (Å²) < 4.78 is 5.54. The summed E-state index contributed by atoms with van der Waals surface area (Å²) in [6, 6.07) is 11.0. The van der Waals surface area contributed by atoms with Gasteiger partial charge in [0, 0.05) is 10.6 Å². The van der Waals surface area contributed by atoms with E-state index in [1.54, 1.807) is 18.3 Å². The molecular formula is C13H12ClNO2. The van der Waals surface area contributed by atoms with Crippen molar-refractivity contribution in [2.75, 3.05) is 0 Å². The maximum Gasteiger partial charge on any atom is 0.138 e. The van der Waals surface area contributed by atoms with Crippen LogP contribution in [0.5, 0.6) is 5.75 Å². The third-order valence-corrected chi connectivity index (χ3v) is 2.68. The van der Waals surface area contributed by atoms with E-state index in [0.717, 1.165) is 5.56 Å². The van der Waals surface area contributed by atoms with Crippen LogP contribution in [0.3, 0.4) is 0 Å². The van der Waals surface area contributed by atoms with Crippen LogP contribution in [0.15, 0.2) is 42.6 Å². The predicted molar refractivity (Wildman–Crippen MR) is 65.9 cm³/mol. The molecule has 88 valence electrons. The number of benzene rings is 1. The summed E-state index contributed by atoms with van der Waals surface area (Å²) in [5, 5.41) is 9.54. The molecule has 0 aliphatic carbocycles. The van der Waals surface area contributed by atoms with Gasteiger partial charge in [0.1, 0.15) is 12.4 Å². The largest absolute Gasteiger partial charge is 0.487 e. The lowest BCUT2D eigenvalue weighted by Crippen LogP contribution is -1.97. The molecular weight excluding hydrogens is 238 g/mol. The lowest BCUT2D eigenvalue weighted by Gasteiger charge is -2.07. The molecule has 0 saturated carbocycles. The molecule has 0 bridgehead atoms. The molecule has 0 saturated heterocycles. The molecule has 2 rings (SSSR count). The number of nitrogens with zero attached hydrogens (tertiary/aromatic N) is 1. The second-order valence-electron chi connectivity index (χ2n) is 3.52. The topological polar surface area (TPSA) is 42.4 Å². The Morgan fingerprint density at radius 3 is 2.65 bits per heavy atom. The van der Waals surface area contributed by atoms with Gasteiger partial charge in [-0.05, 0) is 18.2 Å². The van der Waals surface area contributed by atoms with Crippen molar-refractivity contribution in [3.63, 3.8) is 0 Å². The number of halogens is 1. The van der Waals surface area contributed by atoms with Crippen molar-refractivity contribution in [1.29, 1.82) is 0 Å². The van der Waals surface area contributed by atoms with E-state index in [9.17, 15) is 0 Å². The van der Waals surface area contributed by atoms with Gasteiger partial charge in [-0.2, -0.15) is 0 Å². The van der Waals surface area contributed by atoms with Gasteiger partial charge in [-0.3, -0.25) is 4.98 Å². The number of hydrogen-bond acceptors (Lipinski definition) is 3. The Morgan fingerprint density at radius 2 is 2.00 bits per heavy atom. The van der Waals surface area contributed by atoms with Crippen molar-refractivity contribution in [2.45, 2.75) is 13.2 Å². The predicted octanol–water partition coefficient (Wildman–Crippen LogP) is 2.81. The van der Waals surface area contributed by atoms with Crippen molar-refractivity contribution in [3.8, 4) is 5.75 Å². The summed E-state index contributed by atoms with van der Waals surface area (Å²) in [7, 11) is 0. The van der Waals surface area contributed by atoms with Gasteiger partial charge in [-0.15, -0.1) is 0 Å². The highest BCUT2D eigenvalue weighted by Crippen LogP contribution is 2.18. The molecule has 0 aliphatic heterocycles. The fourth-order valence-electron chi connectivity index (χ4n) is 1.37. The molecule has 17 heavy (non-hydrogen) atoms. The molecule has 0 atom stereocenters. The van der Waals surface area contributed by atoms with Gasteiger partial charge < -0.3 is 9.84 Å². The van der Waals surface area contributed by atoms with Crippen molar-refractivity contribution >= 4 is 11.6 Å². The molecule has 0 unspecified atom stereocenters. The third-order valence-electron chi connectivity index (χ3n) is 2.31. The Bertz CT molecular complexity index is 485. The van der Waals surface area contributed by atoms with E-state index in [1.807, 2.05) is 24.3 Å². The molecule has 0 aliphatic rings. The molecule has 0 radical (unpaired) electrons. The average molecular weight is 250 g/mol. The van der Waals surface area contributed by atoms with Gasteiger partial charge in [0.2, 0.25) is 0 Å². The Morgan fingerprint density at radius 1 is 1.18 bits per heavy atom. The number of aromatic nitrogens is 1. The smallest absolute Gasteiger partial charge is 0.138 e. The van der Waals surface area contributed by atoms with Crippen LogP contribution in [-0.4, -0.2) is 10.1 Å². The van der Waals surface area contributed by atoms with Crippen LogP contribution in [-0.2, 0) is 13.2 Å². The highest BCUT2D eigenvalue weighted by atomic mass is 35.5. The lowest BCUT2D eigenvalue weighted by molar-refractivity contribution is 0.275. The monoisotopic (exact) mass is 249 g/mol. The number of rotatable bonds is 4. The molecule has 1 heterocycles. The first-order valence-corrected chi connectivity index (χ1v) is 5.59. The van der Waals surface area contributed by atoms with Crippen molar-refractivity contribution in [3.05, 3.63) is 58.9 Å². The van der Waals surface area contributed by atoms with Crippen LogP contribution in [0.4, 0.5) is 0 Å². The van der Waals surface area contributed by atoms with Crippen LogP contribution in [0.1, 0.15) is 11.3 Å². The van der Waals surface area contributed by atoms with Gasteiger partial charge in [0.15, 0.2) is 0 Å². The average Bonchev–Trinajstić information content (AvgIpc) is 2.38. The van der Waals surface area contributed by atoms with E-state index < -0.39 is 0 Å². The Labute approximate surface area is 105 Å². The van der Waals surface area contributed by atoms with Gasteiger partial charge >= 0.3 is 0 Å². The number of pyridine rings is 1. The molecule has 0 amide bonds. The maximum atomic E-state index is 8.85. The number of ether oxygens (including phenoxy) is 1. The van der Waals surface area contributed by atoms with Crippen molar-refractivity contribution in [1.82, 2.24) is 4.98 Å². The minimum absolute atomic E-state index is 0.0647. The van der Waals surface area contributed by atoms with Crippen LogP contribution >= 0.6 is 11.6 Å². The first-order valence-electron chi connectivity index (χ1n) is 5.21. The summed E-state index contributed by atoms with van der Waals surface area (Å²) >= 11 is 6.01. The number of aliphatic hydroxyl groups excluding tert-OH is 1. The lowest BCUT2D eigenvalue weighted by atomic mass is 10.2. The van der Waals surface area contributed by atoms with Crippen LogP contribution in [0.25, 0.3) is 0 Å². The zero-order valence-electron chi connectivity index (χ0n) is 9.14. The Balaban J connectivity index is 2.00. The zero-order chi connectivity index (χ0) is 12.1. The molecule has 0 fully saturated rings. The van der Waals surface area contributed by atoms with E-state index in [0.29, 0.717) is 23.1 Å². The van der Waals surface area contributed by atoms with Crippen LogP contribution < -0.4 is 4.74 Å². The standard InChI is InChI=1S/C13H12ClNO2/c14-13-4-2-1-3-10(13)9-17-12-6-5-11(8-16)15-7-12/h1-7,16H,8-9H2. The van der Waals surface area contributed by atoms with E-state index in [1.165, 1.54) is 0 Å². The maximum absolute atomic E-state index is 8.85. The molecule has 1 N–H and O–H groups in total. The van der Waals surface area contributed by atoms with E-state index in [-0.39, 0.29) is 6.61 Å². The molecule has 0 spiro atoms. The molecule has 2 aromatic rings. The van der Waals surface area contributed by atoms with Gasteiger partial charge in [-0.1, -0.05) is 29.8 Å². The molecule has 1 aromatic carbocycles.